The van der Waals surface area contributed by atoms with Gasteiger partial charge in [0.15, 0.2) is 0 Å². The molecule has 6 nitrogen and oxygen atoms in total. The Kier molecular flexibility index (Phi) is 7.90. The summed E-state index contributed by atoms with van der Waals surface area (Å²) in [5, 5.41) is 2.19. The van der Waals surface area contributed by atoms with Gasteiger partial charge in [-0.3, -0.25) is 15.0 Å². The Morgan fingerprint density at radius 2 is 2.05 bits per heavy atom. The molecular weight excluding hydrogens is 352 g/mol. The molecule has 2 amide bonds. The highest BCUT2D eigenvalue weighted by molar-refractivity contribution is 9.10. The molecule has 1 rings (SSSR count). The molecule has 0 aliphatic rings. The number of methoxy groups -OCH3 is 1. The van der Waals surface area contributed by atoms with E-state index in [1.54, 1.807) is 14.0 Å². The Hall–Kier alpha value is -1.60. The van der Waals surface area contributed by atoms with Crippen LogP contribution >= 0.6 is 15.9 Å². The summed E-state index contributed by atoms with van der Waals surface area (Å²) in [4.78, 5) is 24.9. The molecule has 0 heterocycles. The fourth-order valence-corrected chi connectivity index (χ4v) is 2.32. The fourth-order valence-electron chi connectivity index (χ4n) is 1.91. The van der Waals surface area contributed by atoms with E-state index in [2.05, 4.69) is 26.0 Å². The van der Waals surface area contributed by atoms with Crippen LogP contribution in [0.5, 0.6) is 5.75 Å². The third-order valence-corrected chi connectivity index (χ3v) is 3.46. The Labute approximate surface area is 138 Å². The van der Waals surface area contributed by atoms with E-state index in [1.165, 1.54) is 0 Å². The first-order chi connectivity index (χ1) is 10.5. The van der Waals surface area contributed by atoms with Crippen LogP contribution in [0.15, 0.2) is 22.7 Å². The molecule has 0 aliphatic heterocycles. The Bertz CT molecular complexity index is 522. The summed E-state index contributed by atoms with van der Waals surface area (Å²) in [6.45, 7) is 5.15. The summed E-state index contributed by atoms with van der Waals surface area (Å²) >= 11 is 3.42. The van der Waals surface area contributed by atoms with Crippen LogP contribution in [0, 0.1) is 0 Å². The lowest BCUT2D eigenvalue weighted by Gasteiger charge is -2.21. The number of carbonyl (C=O) groups is 2. The van der Waals surface area contributed by atoms with Gasteiger partial charge < -0.3 is 9.47 Å². The van der Waals surface area contributed by atoms with Crippen LogP contribution in [0.4, 0.5) is 4.79 Å². The first kappa shape index (κ1) is 18.4. The second-order valence-electron chi connectivity index (χ2n) is 4.53. The van der Waals surface area contributed by atoms with Gasteiger partial charge >= 0.3 is 6.09 Å². The topological polar surface area (TPSA) is 67.9 Å². The molecule has 0 aromatic heterocycles. The highest BCUT2D eigenvalue weighted by atomic mass is 79.9. The normalized spacial score (nSPS) is 10.4. The van der Waals surface area contributed by atoms with Crippen molar-refractivity contribution in [1.29, 1.82) is 0 Å². The molecule has 0 radical (unpaired) electrons. The van der Waals surface area contributed by atoms with E-state index in [1.807, 2.05) is 30.0 Å². The minimum Gasteiger partial charge on any atom is -0.496 e. The van der Waals surface area contributed by atoms with Gasteiger partial charge in [0.25, 0.3) is 0 Å². The minimum atomic E-state index is -0.719. The summed E-state index contributed by atoms with van der Waals surface area (Å²) in [5.74, 6) is 0.363. The number of likely N-dealkylation sites (N-methyl/N-ethyl adjacent to an activating group) is 1. The van der Waals surface area contributed by atoms with E-state index in [9.17, 15) is 9.59 Å². The van der Waals surface area contributed by atoms with Gasteiger partial charge in [0, 0.05) is 16.6 Å². The van der Waals surface area contributed by atoms with Crippen LogP contribution in [-0.4, -0.2) is 43.7 Å². The number of nitrogens with one attached hydrogen (secondary N) is 1. The standard InChI is InChI=1S/C15H21BrN2O4/c1-4-18(10-14(19)17-15(20)22-5-2)9-11-8-12(16)6-7-13(11)21-3/h6-8H,4-5,9-10H2,1-3H3,(H,17,19,20). The molecule has 0 spiro atoms. The van der Waals surface area contributed by atoms with Crippen LogP contribution in [0.2, 0.25) is 0 Å². The van der Waals surface area contributed by atoms with Crippen molar-refractivity contribution >= 4 is 27.9 Å². The molecule has 122 valence electrons. The first-order valence-corrected chi connectivity index (χ1v) is 7.80. The molecule has 0 bridgehead atoms. The zero-order valence-electron chi connectivity index (χ0n) is 13.0. The molecule has 0 saturated heterocycles. The number of amides is 2. The van der Waals surface area contributed by atoms with E-state index >= 15 is 0 Å². The average molecular weight is 373 g/mol. The zero-order valence-corrected chi connectivity index (χ0v) is 14.6. The minimum absolute atomic E-state index is 0.102. The molecule has 0 saturated carbocycles. The van der Waals surface area contributed by atoms with E-state index in [-0.39, 0.29) is 13.2 Å². The van der Waals surface area contributed by atoms with E-state index in [4.69, 9.17) is 4.74 Å². The number of halogens is 1. The number of hydrogen-bond acceptors (Lipinski definition) is 5. The number of ether oxygens (including phenoxy) is 2. The van der Waals surface area contributed by atoms with Gasteiger partial charge in [-0.15, -0.1) is 0 Å². The van der Waals surface area contributed by atoms with Crippen molar-refractivity contribution in [2.24, 2.45) is 0 Å². The number of benzene rings is 1. The molecule has 0 aliphatic carbocycles. The van der Waals surface area contributed by atoms with Gasteiger partial charge in [-0.05, 0) is 31.7 Å². The van der Waals surface area contributed by atoms with E-state index in [0.717, 1.165) is 15.8 Å². The molecular formula is C15H21BrN2O4. The lowest BCUT2D eigenvalue weighted by atomic mass is 10.2. The maximum absolute atomic E-state index is 11.8. The van der Waals surface area contributed by atoms with Gasteiger partial charge in [-0.2, -0.15) is 0 Å². The summed E-state index contributed by atoms with van der Waals surface area (Å²) in [6.07, 6.45) is -0.719. The van der Waals surface area contributed by atoms with Crippen molar-refractivity contribution in [2.45, 2.75) is 20.4 Å². The maximum Gasteiger partial charge on any atom is 0.413 e. The molecule has 1 N–H and O–H groups in total. The van der Waals surface area contributed by atoms with Gasteiger partial charge in [0.05, 0.1) is 20.3 Å². The largest absolute Gasteiger partial charge is 0.496 e. The predicted octanol–water partition coefficient (Wildman–Crippen LogP) is 2.55. The second-order valence-corrected chi connectivity index (χ2v) is 5.44. The van der Waals surface area contributed by atoms with Crippen LogP contribution in [-0.2, 0) is 16.1 Å². The maximum atomic E-state index is 11.8. The van der Waals surface area contributed by atoms with Crippen molar-refractivity contribution in [3.8, 4) is 5.75 Å². The smallest absolute Gasteiger partial charge is 0.413 e. The van der Waals surface area contributed by atoms with Crippen LogP contribution < -0.4 is 10.1 Å². The highest BCUT2D eigenvalue weighted by Crippen LogP contribution is 2.24. The Morgan fingerprint density at radius 1 is 1.32 bits per heavy atom. The quantitative estimate of drug-likeness (QED) is 0.796. The third kappa shape index (κ3) is 6.03. The Morgan fingerprint density at radius 3 is 2.64 bits per heavy atom. The summed E-state index contributed by atoms with van der Waals surface area (Å²) in [5.41, 5.74) is 0.961. The molecule has 1 aromatic rings. The second kappa shape index (κ2) is 9.42. The summed E-state index contributed by atoms with van der Waals surface area (Å²) in [6, 6.07) is 5.71. The van der Waals surface area contributed by atoms with Crippen LogP contribution in [0.25, 0.3) is 0 Å². The molecule has 22 heavy (non-hydrogen) atoms. The lowest BCUT2D eigenvalue weighted by Crippen LogP contribution is -2.40. The van der Waals surface area contributed by atoms with Crippen molar-refractivity contribution in [1.82, 2.24) is 10.2 Å². The van der Waals surface area contributed by atoms with Gasteiger partial charge in [0.2, 0.25) is 5.91 Å². The summed E-state index contributed by atoms with van der Waals surface area (Å²) in [7, 11) is 1.61. The van der Waals surface area contributed by atoms with Crippen molar-refractivity contribution < 1.29 is 19.1 Å². The predicted molar refractivity (Wildman–Crippen MR) is 86.8 cm³/mol. The number of nitrogens with zero attached hydrogens (tertiary/aromatic N) is 1. The van der Waals surface area contributed by atoms with E-state index < -0.39 is 12.0 Å². The van der Waals surface area contributed by atoms with Gasteiger partial charge in [-0.25, -0.2) is 4.79 Å². The number of hydrogen-bond donors (Lipinski definition) is 1. The third-order valence-electron chi connectivity index (χ3n) is 2.97. The molecule has 0 atom stereocenters. The SMILES string of the molecule is CCOC(=O)NC(=O)CN(CC)Cc1cc(Br)ccc1OC. The van der Waals surface area contributed by atoms with Crippen molar-refractivity contribution in [2.75, 3.05) is 26.8 Å². The van der Waals surface area contributed by atoms with Gasteiger partial charge in [0.1, 0.15) is 5.75 Å². The first-order valence-electron chi connectivity index (χ1n) is 7.01. The molecule has 0 unspecified atom stereocenters. The van der Waals surface area contributed by atoms with Crippen molar-refractivity contribution in [3.05, 3.63) is 28.2 Å². The van der Waals surface area contributed by atoms with Crippen LogP contribution in [0.3, 0.4) is 0 Å². The summed E-state index contributed by atoms with van der Waals surface area (Å²) < 4.78 is 10.9. The fraction of sp³-hybridized carbons (Fsp3) is 0.467. The zero-order chi connectivity index (χ0) is 16.5. The lowest BCUT2D eigenvalue weighted by molar-refractivity contribution is -0.121. The van der Waals surface area contributed by atoms with Crippen molar-refractivity contribution in [3.63, 3.8) is 0 Å². The number of alkyl carbamates (subject to hydrolysis) is 1. The number of carbonyl (C=O) groups excluding carboxylic acids is 2. The Balaban J connectivity index is 2.67. The molecule has 0 fully saturated rings. The highest BCUT2D eigenvalue weighted by Gasteiger charge is 2.15. The number of rotatable bonds is 7. The average Bonchev–Trinajstić information content (AvgIpc) is 2.46. The van der Waals surface area contributed by atoms with E-state index in [0.29, 0.717) is 13.1 Å². The molecule has 7 heteroatoms. The molecule has 1 aromatic carbocycles. The van der Waals surface area contributed by atoms with Crippen LogP contribution in [0.1, 0.15) is 19.4 Å². The van der Waals surface area contributed by atoms with Gasteiger partial charge in [-0.1, -0.05) is 22.9 Å². The number of imide groups is 1. The monoisotopic (exact) mass is 372 g/mol.